The number of phenolic OH excluding ortho intramolecular Hbond substituents is 1. The zero-order chi connectivity index (χ0) is 17.2. The molecule has 0 radical (unpaired) electrons. The molecule has 0 aromatic heterocycles. The summed E-state index contributed by atoms with van der Waals surface area (Å²) in [6.45, 7) is 3.49. The summed E-state index contributed by atoms with van der Waals surface area (Å²) in [5, 5.41) is 20.9. The van der Waals surface area contributed by atoms with Crippen LogP contribution in [0.4, 0.5) is 5.69 Å². The van der Waals surface area contributed by atoms with Crippen molar-refractivity contribution in [2.24, 2.45) is 0 Å². The summed E-state index contributed by atoms with van der Waals surface area (Å²) < 4.78 is 4.94. The van der Waals surface area contributed by atoms with Gasteiger partial charge in [0.25, 0.3) is 0 Å². The van der Waals surface area contributed by atoms with E-state index in [0.29, 0.717) is 0 Å². The molecule has 6 heteroatoms. The summed E-state index contributed by atoms with van der Waals surface area (Å²) in [5.41, 5.74) is -0.534. The predicted octanol–water partition coefficient (Wildman–Crippen LogP) is 3.47. The van der Waals surface area contributed by atoms with Crippen molar-refractivity contribution in [2.75, 3.05) is 7.11 Å². The van der Waals surface area contributed by atoms with Gasteiger partial charge in [0.2, 0.25) is 5.75 Å². The second-order valence-corrected chi connectivity index (χ2v) is 5.62. The molecule has 2 aromatic carbocycles. The first kappa shape index (κ1) is 16.5. The first-order chi connectivity index (χ1) is 10.8. The third-order valence-corrected chi connectivity index (χ3v) is 3.80. The second kappa shape index (κ2) is 6.08. The molecule has 120 valence electrons. The molecule has 0 aliphatic rings. The average molecular weight is 315 g/mol. The highest BCUT2D eigenvalue weighted by molar-refractivity contribution is 6.04. The van der Waals surface area contributed by atoms with E-state index < -0.39 is 21.8 Å². The van der Waals surface area contributed by atoms with Gasteiger partial charge in [0, 0.05) is 11.6 Å². The van der Waals surface area contributed by atoms with Gasteiger partial charge in [-0.25, -0.2) is 0 Å². The van der Waals surface area contributed by atoms with Crippen molar-refractivity contribution in [1.29, 1.82) is 0 Å². The van der Waals surface area contributed by atoms with Crippen LogP contribution in [-0.2, 0) is 5.41 Å². The van der Waals surface area contributed by atoms with Crippen LogP contribution in [0.25, 0.3) is 0 Å². The minimum atomic E-state index is -0.878. The molecule has 0 aliphatic carbocycles. The maximum absolute atomic E-state index is 12.9. The van der Waals surface area contributed by atoms with E-state index in [1.807, 2.05) is 30.3 Å². The first-order valence-corrected chi connectivity index (χ1v) is 6.94. The molecule has 0 aliphatic heterocycles. The van der Waals surface area contributed by atoms with Crippen LogP contribution in [0, 0.1) is 10.1 Å². The molecule has 0 amide bonds. The number of methoxy groups -OCH3 is 1. The van der Waals surface area contributed by atoms with Gasteiger partial charge in [-0.1, -0.05) is 30.3 Å². The Hall–Kier alpha value is -2.89. The Morgan fingerprint density at radius 1 is 1.22 bits per heavy atom. The van der Waals surface area contributed by atoms with Gasteiger partial charge in [-0.15, -0.1) is 0 Å². The molecule has 0 saturated heterocycles. The fourth-order valence-corrected chi connectivity index (χ4v) is 2.37. The van der Waals surface area contributed by atoms with Gasteiger partial charge < -0.3 is 9.84 Å². The van der Waals surface area contributed by atoms with Crippen molar-refractivity contribution < 1.29 is 19.6 Å². The zero-order valence-electron chi connectivity index (χ0n) is 13.1. The third-order valence-electron chi connectivity index (χ3n) is 3.80. The lowest BCUT2D eigenvalue weighted by atomic mass is 9.78. The Bertz CT molecular complexity index is 753. The molecule has 2 rings (SSSR count). The van der Waals surface area contributed by atoms with Gasteiger partial charge in [0.05, 0.1) is 17.4 Å². The smallest absolute Gasteiger partial charge is 0.315 e. The fraction of sp³-hybridized carbons (Fsp3) is 0.235. The minimum absolute atomic E-state index is 0.105. The van der Waals surface area contributed by atoms with Crippen LogP contribution in [0.5, 0.6) is 11.5 Å². The molecule has 0 fully saturated rings. The third kappa shape index (κ3) is 3.01. The summed E-state index contributed by atoms with van der Waals surface area (Å²) in [5.74, 6) is -0.997. The number of nitro groups is 1. The minimum Gasteiger partial charge on any atom is -0.500 e. The van der Waals surface area contributed by atoms with Crippen LogP contribution in [0.1, 0.15) is 29.8 Å². The van der Waals surface area contributed by atoms with Gasteiger partial charge in [0.1, 0.15) is 0 Å². The van der Waals surface area contributed by atoms with E-state index in [2.05, 4.69) is 0 Å². The normalized spacial score (nSPS) is 11.1. The number of hydrogen-bond donors (Lipinski definition) is 1. The van der Waals surface area contributed by atoms with Gasteiger partial charge in [0.15, 0.2) is 11.5 Å². The number of phenols is 1. The summed E-state index contributed by atoms with van der Waals surface area (Å²) in [7, 11) is 1.27. The molecule has 2 aromatic rings. The predicted molar refractivity (Wildman–Crippen MR) is 85.1 cm³/mol. The number of rotatable bonds is 5. The number of ketones is 1. The standard InChI is InChI=1S/C17H17NO5/c1-17(2,12-7-5-4-6-8-12)16(20)11-9-13(18(21)22)15(19)14(10-11)23-3/h4-10,19H,1-3H3. The number of carbonyl (C=O) groups is 1. The lowest BCUT2D eigenvalue weighted by molar-refractivity contribution is -0.386. The summed E-state index contributed by atoms with van der Waals surface area (Å²) >= 11 is 0. The average Bonchev–Trinajstić information content (AvgIpc) is 2.54. The molecule has 1 N–H and O–H groups in total. The lowest BCUT2D eigenvalue weighted by Gasteiger charge is -2.24. The second-order valence-electron chi connectivity index (χ2n) is 5.62. The Labute approximate surface area is 133 Å². The molecule has 0 spiro atoms. The van der Waals surface area contributed by atoms with Crippen LogP contribution in [-0.4, -0.2) is 22.9 Å². The Morgan fingerprint density at radius 2 is 1.83 bits per heavy atom. The van der Waals surface area contributed by atoms with E-state index in [1.165, 1.54) is 13.2 Å². The SMILES string of the molecule is COc1cc(C(=O)C(C)(C)c2ccccc2)cc([N+](=O)[O-])c1O. The molecule has 23 heavy (non-hydrogen) atoms. The van der Waals surface area contributed by atoms with Crippen LogP contribution in [0.2, 0.25) is 0 Å². The highest BCUT2D eigenvalue weighted by Crippen LogP contribution is 2.39. The Balaban J connectivity index is 2.55. The van der Waals surface area contributed by atoms with E-state index in [9.17, 15) is 20.0 Å². The number of aromatic hydroxyl groups is 1. The number of benzene rings is 2. The van der Waals surface area contributed by atoms with Crippen molar-refractivity contribution in [1.82, 2.24) is 0 Å². The number of carbonyl (C=O) groups excluding carboxylic acids is 1. The molecular weight excluding hydrogens is 298 g/mol. The highest BCUT2D eigenvalue weighted by Gasteiger charge is 2.33. The van der Waals surface area contributed by atoms with E-state index in [4.69, 9.17) is 4.74 Å². The molecule has 0 saturated carbocycles. The first-order valence-electron chi connectivity index (χ1n) is 6.94. The molecule has 0 heterocycles. The Morgan fingerprint density at radius 3 is 2.35 bits per heavy atom. The number of Topliss-reactive ketones (excluding diaryl/α,β-unsaturated/α-hetero) is 1. The maximum Gasteiger partial charge on any atom is 0.315 e. The van der Waals surface area contributed by atoms with E-state index in [-0.39, 0.29) is 17.1 Å². The molecule has 0 unspecified atom stereocenters. The fourth-order valence-electron chi connectivity index (χ4n) is 2.37. The topological polar surface area (TPSA) is 89.7 Å². The van der Waals surface area contributed by atoms with E-state index in [0.717, 1.165) is 11.6 Å². The monoisotopic (exact) mass is 315 g/mol. The van der Waals surface area contributed by atoms with Crippen molar-refractivity contribution in [2.45, 2.75) is 19.3 Å². The van der Waals surface area contributed by atoms with Gasteiger partial charge >= 0.3 is 5.69 Å². The lowest BCUT2D eigenvalue weighted by Crippen LogP contribution is -2.29. The molecule has 6 nitrogen and oxygen atoms in total. The molecule has 0 bridgehead atoms. The molecular formula is C17H17NO5. The summed E-state index contributed by atoms with van der Waals surface area (Å²) in [6, 6.07) is 11.5. The van der Waals surface area contributed by atoms with Crippen LogP contribution >= 0.6 is 0 Å². The van der Waals surface area contributed by atoms with E-state index >= 15 is 0 Å². The number of nitrogens with zero attached hydrogens (tertiary/aromatic N) is 1. The van der Waals surface area contributed by atoms with Crippen LogP contribution in [0.3, 0.4) is 0 Å². The Kier molecular flexibility index (Phi) is 4.36. The molecule has 0 atom stereocenters. The van der Waals surface area contributed by atoms with E-state index in [1.54, 1.807) is 13.8 Å². The van der Waals surface area contributed by atoms with Gasteiger partial charge in [-0.3, -0.25) is 14.9 Å². The van der Waals surface area contributed by atoms with Crippen molar-refractivity contribution >= 4 is 11.5 Å². The summed E-state index contributed by atoms with van der Waals surface area (Å²) in [6.07, 6.45) is 0. The highest BCUT2D eigenvalue weighted by atomic mass is 16.6. The quantitative estimate of drug-likeness (QED) is 0.518. The number of ether oxygens (including phenoxy) is 1. The number of hydrogen-bond acceptors (Lipinski definition) is 5. The van der Waals surface area contributed by atoms with Gasteiger partial charge in [-0.05, 0) is 25.5 Å². The van der Waals surface area contributed by atoms with Crippen molar-refractivity contribution in [3.05, 3.63) is 63.7 Å². The number of nitro benzene ring substituents is 1. The summed E-state index contributed by atoms with van der Waals surface area (Å²) in [4.78, 5) is 23.2. The van der Waals surface area contributed by atoms with Crippen molar-refractivity contribution in [3.63, 3.8) is 0 Å². The zero-order valence-corrected chi connectivity index (χ0v) is 13.1. The maximum atomic E-state index is 12.9. The van der Waals surface area contributed by atoms with Crippen molar-refractivity contribution in [3.8, 4) is 11.5 Å². The van der Waals surface area contributed by atoms with Gasteiger partial charge in [-0.2, -0.15) is 0 Å². The van der Waals surface area contributed by atoms with Crippen LogP contribution in [0.15, 0.2) is 42.5 Å². The largest absolute Gasteiger partial charge is 0.500 e. The van der Waals surface area contributed by atoms with Crippen LogP contribution < -0.4 is 4.74 Å².